The number of nitrogens with zero attached hydrogens (tertiary/aromatic N) is 3. The van der Waals surface area contributed by atoms with E-state index in [1.807, 2.05) is 0 Å². The van der Waals surface area contributed by atoms with E-state index in [1.54, 1.807) is 41.2 Å². The number of urea groups is 1. The number of amides is 4. The molecule has 2 heterocycles. The molecule has 2 saturated heterocycles. The van der Waals surface area contributed by atoms with Gasteiger partial charge in [0.05, 0.1) is 13.7 Å². The molecule has 168 valence electrons. The number of aliphatic imine (C=N–C) groups is 1. The highest BCUT2D eigenvalue weighted by molar-refractivity contribution is 6.04. The maximum Gasteiger partial charge on any atom is 0.318 e. The molecule has 10 heteroatoms. The summed E-state index contributed by atoms with van der Waals surface area (Å²) in [5.74, 6) is 0.453. The second-order valence-electron chi connectivity index (χ2n) is 7.68. The molecule has 10 nitrogen and oxygen atoms in total. The summed E-state index contributed by atoms with van der Waals surface area (Å²) < 4.78 is 5.21. The van der Waals surface area contributed by atoms with Gasteiger partial charge in [0.1, 0.15) is 11.8 Å². The van der Waals surface area contributed by atoms with E-state index in [4.69, 9.17) is 10.5 Å². The Labute approximate surface area is 181 Å². The lowest BCUT2D eigenvalue weighted by Crippen LogP contribution is -2.46. The van der Waals surface area contributed by atoms with E-state index in [2.05, 4.69) is 15.6 Å². The monoisotopic (exact) mass is 430 g/mol. The van der Waals surface area contributed by atoms with Gasteiger partial charge < -0.3 is 25.6 Å². The molecule has 1 aromatic carbocycles. The molecule has 2 aliphatic rings. The van der Waals surface area contributed by atoms with Crippen molar-refractivity contribution in [3.63, 3.8) is 0 Å². The number of primary amides is 1. The minimum atomic E-state index is -0.795. The Bertz CT molecular complexity index is 837. The van der Waals surface area contributed by atoms with Crippen molar-refractivity contribution in [3.8, 4) is 5.75 Å². The average Bonchev–Trinajstić information content (AvgIpc) is 3.23. The zero-order valence-electron chi connectivity index (χ0n) is 17.8. The number of anilines is 1. The van der Waals surface area contributed by atoms with E-state index >= 15 is 0 Å². The van der Waals surface area contributed by atoms with Gasteiger partial charge in [-0.2, -0.15) is 0 Å². The van der Waals surface area contributed by atoms with Gasteiger partial charge in [0.15, 0.2) is 0 Å². The summed E-state index contributed by atoms with van der Waals surface area (Å²) in [6, 6.07) is 5.56. The minimum Gasteiger partial charge on any atom is -0.497 e. The van der Waals surface area contributed by atoms with Crippen LogP contribution in [0.25, 0.3) is 0 Å². The summed E-state index contributed by atoms with van der Waals surface area (Å²) in [6.45, 7) is 2.08. The van der Waals surface area contributed by atoms with Crippen molar-refractivity contribution in [1.29, 1.82) is 0 Å². The van der Waals surface area contributed by atoms with Crippen LogP contribution in [0.1, 0.15) is 32.1 Å². The first-order valence-electron chi connectivity index (χ1n) is 10.6. The number of ether oxygens (including phenoxy) is 1. The van der Waals surface area contributed by atoms with Crippen LogP contribution in [0.2, 0.25) is 0 Å². The molecule has 1 aromatic rings. The fraction of sp³-hybridized carbons (Fsp3) is 0.524. The van der Waals surface area contributed by atoms with Gasteiger partial charge in [-0.3, -0.25) is 14.9 Å². The standard InChI is InChI=1S/C21H30N6O4/c1-31-16-8-6-7-15(13-16)23-21(25-20(22)30)24-17-9-2-3-12-27(19(17)29)14-18(28)26-10-4-5-11-26/h6-8,13,17H,2-5,9-12,14H2,1H3,(H4,22,23,24,25,30). The van der Waals surface area contributed by atoms with Crippen LogP contribution in [0.5, 0.6) is 5.75 Å². The minimum absolute atomic E-state index is 0.0273. The normalized spacial score (nSPS) is 19.7. The van der Waals surface area contributed by atoms with Crippen LogP contribution in [0.3, 0.4) is 0 Å². The lowest BCUT2D eigenvalue weighted by molar-refractivity contribution is -0.140. The van der Waals surface area contributed by atoms with Gasteiger partial charge in [0.25, 0.3) is 0 Å². The van der Waals surface area contributed by atoms with Crippen molar-refractivity contribution in [1.82, 2.24) is 15.1 Å². The Morgan fingerprint density at radius 3 is 2.65 bits per heavy atom. The van der Waals surface area contributed by atoms with Gasteiger partial charge in [-0.1, -0.05) is 6.07 Å². The Morgan fingerprint density at radius 1 is 1.19 bits per heavy atom. The molecule has 31 heavy (non-hydrogen) atoms. The van der Waals surface area contributed by atoms with E-state index in [9.17, 15) is 14.4 Å². The maximum atomic E-state index is 13.1. The zero-order valence-corrected chi connectivity index (χ0v) is 17.8. The summed E-state index contributed by atoms with van der Waals surface area (Å²) in [5.41, 5.74) is 5.92. The molecule has 1 atom stereocenters. The van der Waals surface area contributed by atoms with Gasteiger partial charge in [-0.05, 0) is 44.2 Å². The first kappa shape index (κ1) is 22.4. The second kappa shape index (κ2) is 10.6. The van der Waals surface area contributed by atoms with E-state index in [-0.39, 0.29) is 24.3 Å². The zero-order chi connectivity index (χ0) is 22.2. The van der Waals surface area contributed by atoms with Crippen LogP contribution in [0.4, 0.5) is 10.5 Å². The third-order valence-corrected chi connectivity index (χ3v) is 5.40. The Hall–Kier alpha value is -3.30. The van der Waals surface area contributed by atoms with Gasteiger partial charge in [-0.25, -0.2) is 9.79 Å². The average molecular weight is 431 g/mol. The first-order chi connectivity index (χ1) is 15.0. The lowest BCUT2D eigenvalue weighted by Gasteiger charge is -2.25. The van der Waals surface area contributed by atoms with Crippen LogP contribution >= 0.6 is 0 Å². The van der Waals surface area contributed by atoms with Crippen molar-refractivity contribution in [2.24, 2.45) is 10.7 Å². The molecule has 0 aromatic heterocycles. The van der Waals surface area contributed by atoms with Crippen LogP contribution in [0.15, 0.2) is 29.3 Å². The predicted molar refractivity (Wildman–Crippen MR) is 117 cm³/mol. The van der Waals surface area contributed by atoms with Crippen molar-refractivity contribution in [2.45, 2.75) is 38.1 Å². The van der Waals surface area contributed by atoms with Crippen LogP contribution in [-0.4, -0.2) is 72.9 Å². The van der Waals surface area contributed by atoms with Crippen LogP contribution in [-0.2, 0) is 9.59 Å². The Kier molecular flexibility index (Phi) is 7.69. The highest BCUT2D eigenvalue weighted by Crippen LogP contribution is 2.19. The fourth-order valence-electron chi connectivity index (χ4n) is 3.80. The fourth-order valence-corrected chi connectivity index (χ4v) is 3.80. The molecule has 0 saturated carbocycles. The molecule has 0 radical (unpaired) electrons. The quantitative estimate of drug-likeness (QED) is 0.476. The van der Waals surface area contributed by atoms with Crippen molar-refractivity contribution >= 4 is 29.5 Å². The largest absolute Gasteiger partial charge is 0.497 e. The number of benzene rings is 1. The van der Waals surface area contributed by atoms with Gasteiger partial charge in [0.2, 0.25) is 17.8 Å². The molecule has 4 N–H and O–H groups in total. The van der Waals surface area contributed by atoms with Gasteiger partial charge in [-0.15, -0.1) is 0 Å². The predicted octanol–water partition coefficient (Wildman–Crippen LogP) is 1.13. The highest BCUT2D eigenvalue weighted by Gasteiger charge is 2.30. The number of hydrogen-bond acceptors (Lipinski definition) is 5. The number of methoxy groups -OCH3 is 1. The highest BCUT2D eigenvalue weighted by atomic mass is 16.5. The molecular weight excluding hydrogens is 400 g/mol. The smallest absolute Gasteiger partial charge is 0.318 e. The van der Waals surface area contributed by atoms with Crippen LogP contribution in [0, 0.1) is 0 Å². The number of carbonyl (C=O) groups is 3. The first-order valence-corrected chi connectivity index (χ1v) is 10.6. The molecule has 0 aliphatic carbocycles. The maximum absolute atomic E-state index is 13.1. The van der Waals surface area contributed by atoms with Crippen LogP contribution < -0.4 is 21.1 Å². The van der Waals surface area contributed by atoms with Gasteiger partial charge >= 0.3 is 6.03 Å². The van der Waals surface area contributed by atoms with E-state index in [1.165, 1.54) is 0 Å². The summed E-state index contributed by atoms with van der Waals surface area (Å²) in [5, 5.41) is 5.43. The Morgan fingerprint density at radius 2 is 1.94 bits per heavy atom. The second-order valence-corrected chi connectivity index (χ2v) is 7.68. The topological polar surface area (TPSA) is 129 Å². The van der Waals surface area contributed by atoms with E-state index in [0.29, 0.717) is 24.4 Å². The molecule has 0 spiro atoms. The van der Waals surface area contributed by atoms with Crippen molar-refractivity contribution in [2.75, 3.05) is 38.6 Å². The third-order valence-electron chi connectivity index (χ3n) is 5.40. The SMILES string of the molecule is COc1cccc(NC(=NC2CCCCN(CC(=O)N3CCCC3)C2=O)NC(N)=O)c1. The van der Waals surface area contributed by atoms with E-state index in [0.717, 1.165) is 38.8 Å². The number of nitrogens with two attached hydrogens (primary N) is 1. The van der Waals surface area contributed by atoms with Crippen molar-refractivity contribution < 1.29 is 19.1 Å². The third kappa shape index (κ3) is 6.34. The summed E-state index contributed by atoms with van der Waals surface area (Å²) in [7, 11) is 1.55. The summed E-state index contributed by atoms with van der Waals surface area (Å²) >= 11 is 0. The molecule has 4 amide bonds. The van der Waals surface area contributed by atoms with Gasteiger partial charge in [0, 0.05) is 31.4 Å². The summed E-state index contributed by atoms with van der Waals surface area (Å²) in [6.07, 6.45) is 4.12. The number of carbonyl (C=O) groups excluding carboxylic acids is 3. The molecule has 2 fully saturated rings. The number of nitrogens with one attached hydrogen (secondary N) is 2. The lowest BCUT2D eigenvalue weighted by atomic mass is 10.1. The number of hydrogen-bond donors (Lipinski definition) is 3. The molecule has 3 rings (SSSR count). The molecular formula is C21H30N6O4. The molecule has 2 aliphatic heterocycles. The number of likely N-dealkylation sites (tertiary alicyclic amines) is 2. The Balaban J connectivity index is 1.75. The number of guanidine groups is 1. The molecule has 1 unspecified atom stereocenters. The molecule has 0 bridgehead atoms. The number of rotatable bonds is 5. The van der Waals surface area contributed by atoms with E-state index < -0.39 is 12.1 Å². The summed E-state index contributed by atoms with van der Waals surface area (Å²) in [4.78, 5) is 45.0. The van der Waals surface area contributed by atoms with Crippen molar-refractivity contribution in [3.05, 3.63) is 24.3 Å².